The first kappa shape index (κ1) is 62.0. The van der Waals surface area contributed by atoms with Gasteiger partial charge >= 0.3 is 101 Å². The zero-order chi connectivity index (χ0) is 54.7. The van der Waals surface area contributed by atoms with E-state index in [1.807, 2.05) is 0 Å². The minimum absolute atomic E-state index is 0. The maximum atomic E-state index is 13.6. The second-order valence-corrected chi connectivity index (χ2v) is 20.6. The Bertz CT molecular complexity index is 1940. The molecule has 0 N–H and O–H groups in total. The van der Waals surface area contributed by atoms with Crippen molar-refractivity contribution in [2.75, 3.05) is 0 Å². The number of Topliss-reactive ketones (excluding diaryl/α,β-unsaturated/α-hetero) is 6. The van der Waals surface area contributed by atoms with Gasteiger partial charge in [0.1, 0.15) is 0 Å². The molecule has 70 heavy (non-hydrogen) atoms. The number of carbonyl (C=O) groups is 6. The fourth-order valence-electron chi connectivity index (χ4n) is 10.9. The fourth-order valence-corrected chi connectivity index (χ4v) is 10.9. The molecule has 6 aliphatic rings. The molecular formula is C42H42F21O6Yb. The van der Waals surface area contributed by atoms with E-state index in [0.717, 1.165) is 0 Å². The second kappa shape index (κ2) is 17.1. The average Bonchev–Trinajstić information content (AvgIpc) is 3.79. The predicted molar refractivity (Wildman–Crippen MR) is 191 cm³/mol. The van der Waals surface area contributed by atoms with Gasteiger partial charge in [-0.2, -0.15) is 92.2 Å². The molecule has 6 nitrogen and oxygen atoms in total. The maximum absolute atomic E-state index is 13.6. The van der Waals surface area contributed by atoms with E-state index in [1.54, 1.807) is 0 Å². The number of hydrogen-bond donors (Lipinski definition) is 0. The van der Waals surface area contributed by atoms with Gasteiger partial charge in [0.2, 0.25) is 0 Å². The van der Waals surface area contributed by atoms with Crippen LogP contribution < -0.4 is 0 Å². The first-order valence-electron chi connectivity index (χ1n) is 20.5. The van der Waals surface area contributed by atoms with E-state index < -0.39 is 157 Å². The van der Waals surface area contributed by atoms with Crippen LogP contribution in [0.1, 0.15) is 101 Å². The maximum Gasteiger partial charge on any atom is 3.00 e. The molecule has 0 saturated heterocycles. The standard InChI is InChI=1S/3C14H14F7O2.Yb/c3*1-10(2)6-4-5-11(10,3)8(22)7(6)9(23)12(15,16)13(17,18)14(19,20)21;/h3*6H,4-5H2,1-3H3;/q3*-1;+3. The molecule has 0 heterocycles. The number of halogens is 21. The van der Waals surface area contributed by atoms with Crippen molar-refractivity contribution in [1.29, 1.82) is 0 Å². The second-order valence-electron chi connectivity index (χ2n) is 20.6. The zero-order valence-electron chi connectivity index (χ0n) is 37.6. The minimum atomic E-state index is -6.60. The minimum Gasteiger partial charge on any atom is -0.333 e. The van der Waals surface area contributed by atoms with Crippen LogP contribution in [0.3, 0.4) is 0 Å². The Labute approximate surface area is 423 Å². The van der Waals surface area contributed by atoms with E-state index in [1.165, 1.54) is 62.3 Å². The summed E-state index contributed by atoms with van der Waals surface area (Å²) in [5.41, 5.74) is -6.53. The first-order chi connectivity index (χ1) is 30.1. The van der Waals surface area contributed by atoms with Gasteiger partial charge in [-0.3, -0.25) is 0 Å². The molecule has 0 aromatic rings. The average molecular weight is 1210 g/mol. The van der Waals surface area contributed by atoms with Gasteiger partial charge < -0.3 is 28.8 Å². The van der Waals surface area contributed by atoms with Gasteiger partial charge in [-0.25, -0.2) is 17.8 Å². The molecule has 6 rings (SSSR count). The SMILES string of the molecule is CC12CCC([C-](C(=O)C(F)(F)C(F)(F)C(F)(F)F)C1=O)C2(C)C.CC12CCC([C-](C(=O)C(F)(F)C(F)(F)C(F)(F)F)C1=O)C2(C)C.CC12CCC([C-](C(=O)C(F)(F)C(F)(F)C(F)(F)F)C1=O)C2(C)C.[Yb+3]. The Morgan fingerprint density at radius 1 is 0.371 bits per heavy atom. The number of carbonyl (C=O) groups excluding carboxylic acids is 6. The summed E-state index contributed by atoms with van der Waals surface area (Å²) in [6.07, 6.45) is -18.7. The third-order valence-electron chi connectivity index (χ3n) is 16.8. The van der Waals surface area contributed by atoms with Crippen molar-refractivity contribution in [3.63, 3.8) is 0 Å². The van der Waals surface area contributed by atoms with E-state index in [-0.39, 0.29) is 85.4 Å². The Morgan fingerprint density at radius 3 is 0.643 bits per heavy atom. The van der Waals surface area contributed by atoms with Crippen molar-refractivity contribution in [2.45, 2.75) is 155 Å². The molecule has 6 aliphatic carbocycles. The van der Waals surface area contributed by atoms with Crippen molar-refractivity contribution in [2.24, 2.45) is 50.2 Å². The zero-order valence-corrected chi connectivity index (χ0v) is 39.3. The molecule has 0 aromatic carbocycles. The van der Waals surface area contributed by atoms with E-state index in [2.05, 4.69) is 0 Å². The summed E-state index contributed by atoms with van der Waals surface area (Å²) >= 11 is 0. The summed E-state index contributed by atoms with van der Waals surface area (Å²) in [6.45, 7) is 13.3. The van der Waals surface area contributed by atoms with Crippen LogP contribution in [0.15, 0.2) is 0 Å². The summed E-state index contributed by atoms with van der Waals surface area (Å²) < 4.78 is 270. The van der Waals surface area contributed by atoms with E-state index in [9.17, 15) is 121 Å². The van der Waals surface area contributed by atoms with Crippen LogP contribution in [0.25, 0.3) is 0 Å². The molecule has 0 aromatic heterocycles. The molecule has 6 saturated carbocycles. The Hall–Kier alpha value is -2.32. The number of fused-ring (bicyclic) bond motifs is 6. The molecule has 1 radical (unpaired) electrons. The summed E-state index contributed by atoms with van der Waals surface area (Å²) in [6, 6.07) is 0. The van der Waals surface area contributed by atoms with Gasteiger partial charge in [0, 0.05) is 33.6 Å². The van der Waals surface area contributed by atoms with Crippen molar-refractivity contribution < 1.29 is 168 Å². The molecule has 0 spiro atoms. The van der Waals surface area contributed by atoms with E-state index >= 15 is 0 Å². The summed E-state index contributed by atoms with van der Waals surface area (Å²) in [4.78, 5) is 72.2. The van der Waals surface area contributed by atoms with E-state index in [4.69, 9.17) is 0 Å². The van der Waals surface area contributed by atoms with Gasteiger partial charge in [-0.1, -0.05) is 81.6 Å². The van der Waals surface area contributed by atoms with Crippen LogP contribution in [-0.4, -0.2) is 88.8 Å². The van der Waals surface area contributed by atoms with Gasteiger partial charge in [0.05, 0.1) is 17.3 Å². The van der Waals surface area contributed by atoms with Gasteiger partial charge in [0.25, 0.3) is 0 Å². The molecule has 6 fully saturated rings. The van der Waals surface area contributed by atoms with Crippen LogP contribution in [0.2, 0.25) is 0 Å². The smallest absolute Gasteiger partial charge is 0.333 e. The van der Waals surface area contributed by atoms with Crippen molar-refractivity contribution in [3.8, 4) is 0 Å². The summed E-state index contributed by atoms with van der Waals surface area (Å²) in [5.74, 6) is -55.5. The van der Waals surface area contributed by atoms with Crippen molar-refractivity contribution >= 4 is 34.7 Å². The number of hydrogen-bond acceptors (Lipinski definition) is 6. The molecule has 6 atom stereocenters. The quantitative estimate of drug-likeness (QED) is 0.168. The number of rotatable bonds is 9. The molecule has 0 amide bonds. The summed E-state index contributed by atoms with van der Waals surface area (Å²) in [5, 5.41) is 0. The van der Waals surface area contributed by atoms with Crippen LogP contribution in [0.5, 0.6) is 0 Å². The topological polar surface area (TPSA) is 102 Å². The Morgan fingerprint density at radius 2 is 0.529 bits per heavy atom. The van der Waals surface area contributed by atoms with Crippen molar-refractivity contribution in [3.05, 3.63) is 17.8 Å². The monoisotopic (exact) mass is 1220 g/mol. The van der Waals surface area contributed by atoms with Crippen LogP contribution in [-0.2, 0) is 28.8 Å². The number of alkyl halides is 21. The Kier molecular flexibility index (Phi) is 15.1. The number of ketones is 6. The molecular weight excluding hydrogens is 1170 g/mol. The third-order valence-corrected chi connectivity index (χ3v) is 16.8. The van der Waals surface area contributed by atoms with E-state index in [0.29, 0.717) is 0 Å². The van der Waals surface area contributed by atoms with Crippen molar-refractivity contribution in [1.82, 2.24) is 0 Å². The van der Waals surface area contributed by atoms with Gasteiger partial charge in [-0.05, 0) is 35.5 Å². The normalized spacial score (nSPS) is 30.5. The van der Waals surface area contributed by atoms with Gasteiger partial charge in [0.15, 0.2) is 0 Å². The third kappa shape index (κ3) is 7.88. The summed E-state index contributed by atoms with van der Waals surface area (Å²) in [7, 11) is 0. The molecule has 28 heteroatoms. The van der Waals surface area contributed by atoms with Crippen LogP contribution in [0.4, 0.5) is 92.2 Å². The predicted octanol–water partition coefficient (Wildman–Crippen LogP) is 12.0. The van der Waals surface area contributed by atoms with Crippen LogP contribution >= 0.6 is 0 Å². The molecule has 6 bridgehead atoms. The Balaban J connectivity index is 0.000000276. The van der Waals surface area contributed by atoms with Crippen LogP contribution in [0, 0.1) is 115 Å². The largest absolute Gasteiger partial charge is 3.00 e. The first-order valence-corrected chi connectivity index (χ1v) is 20.5. The molecule has 6 unspecified atom stereocenters. The van der Waals surface area contributed by atoms with Gasteiger partial charge in [-0.15, -0.1) is 17.8 Å². The molecule has 0 aliphatic heterocycles. The fraction of sp³-hybridized carbons (Fsp3) is 0.786. The molecule has 407 valence electrons.